The molecule has 0 fully saturated rings. The number of benzene rings is 2. The quantitative estimate of drug-likeness (QED) is 0.471. The third-order valence-corrected chi connectivity index (χ3v) is 4.62. The zero-order valence-electron chi connectivity index (χ0n) is 15.9. The minimum atomic E-state index is 0.570. The smallest absolute Gasteiger partial charge is 0.225 e. The highest BCUT2D eigenvalue weighted by atomic mass is 35.5. The van der Waals surface area contributed by atoms with E-state index >= 15 is 0 Å². The minimum Gasteiger partial charge on any atom is -0.354 e. The SMILES string of the molecule is CN(C)CCCNc1nc(Nc2cc(Cl)ccc2Cl)cc(-c2ccccc2)n1. The Labute approximate surface area is 175 Å². The average molecular weight is 416 g/mol. The molecule has 0 radical (unpaired) electrons. The number of halogens is 2. The monoisotopic (exact) mass is 415 g/mol. The summed E-state index contributed by atoms with van der Waals surface area (Å²) < 4.78 is 0. The zero-order valence-corrected chi connectivity index (χ0v) is 17.4. The largest absolute Gasteiger partial charge is 0.354 e. The first-order chi connectivity index (χ1) is 13.5. The standard InChI is InChI=1S/C21H23Cl2N5/c1-28(2)12-6-11-24-21-26-18(15-7-4-3-5-8-15)14-20(27-21)25-19-13-16(22)9-10-17(19)23/h3-5,7-10,13-14H,6,11-12H2,1-2H3,(H2,24,25,26,27). The second-order valence-electron chi connectivity index (χ2n) is 6.66. The highest BCUT2D eigenvalue weighted by Crippen LogP contribution is 2.29. The molecule has 0 amide bonds. The fourth-order valence-electron chi connectivity index (χ4n) is 2.67. The average Bonchev–Trinajstić information content (AvgIpc) is 2.68. The number of nitrogens with zero attached hydrogens (tertiary/aromatic N) is 3. The van der Waals surface area contributed by atoms with Gasteiger partial charge in [0.15, 0.2) is 0 Å². The highest BCUT2D eigenvalue weighted by Gasteiger charge is 2.09. The summed E-state index contributed by atoms with van der Waals surface area (Å²) in [5, 5.41) is 7.75. The Bertz CT molecular complexity index is 916. The van der Waals surface area contributed by atoms with Gasteiger partial charge in [0, 0.05) is 23.2 Å². The summed E-state index contributed by atoms with van der Waals surface area (Å²) in [5.41, 5.74) is 2.54. The fourth-order valence-corrected chi connectivity index (χ4v) is 3.01. The maximum Gasteiger partial charge on any atom is 0.225 e. The van der Waals surface area contributed by atoms with Crippen LogP contribution in [0.4, 0.5) is 17.5 Å². The molecule has 0 bridgehead atoms. The molecule has 7 heteroatoms. The fraction of sp³-hybridized carbons (Fsp3) is 0.238. The Morgan fingerprint density at radius 3 is 2.50 bits per heavy atom. The first kappa shape index (κ1) is 20.4. The van der Waals surface area contributed by atoms with Gasteiger partial charge in [0.2, 0.25) is 5.95 Å². The second kappa shape index (κ2) is 9.73. The van der Waals surface area contributed by atoms with Crippen LogP contribution in [0.15, 0.2) is 54.6 Å². The van der Waals surface area contributed by atoms with E-state index in [0.29, 0.717) is 27.5 Å². The normalized spacial score (nSPS) is 10.9. The molecule has 0 aliphatic rings. The van der Waals surface area contributed by atoms with E-state index in [9.17, 15) is 0 Å². The Balaban J connectivity index is 1.87. The lowest BCUT2D eigenvalue weighted by Gasteiger charge is -2.13. The Kier molecular flexibility index (Phi) is 7.09. The molecule has 0 saturated heterocycles. The first-order valence-corrected chi connectivity index (χ1v) is 9.82. The number of nitrogens with one attached hydrogen (secondary N) is 2. The second-order valence-corrected chi connectivity index (χ2v) is 7.50. The number of hydrogen-bond acceptors (Lipinski definition) is 5. The molecule has 0 spiro atoms. The molecule has 0 unspecified atom stereocenters. The summed E-state index contributed by atoms with van der Waals surface area (Å²) >= 11 is 12.4. The summed E-state index contributed by atoms with van der Waals surface area (Å²) in [7, 11) is 4.12. The van der Waals surface area contributed by atoms with Crippen LogP contribution in [0.5, 0.6) is 0 Å². The Hall–Kier alpha value is -2.34. The van der Waals surface area contributed by atoms with Crippen LogP contribution in [0.25, 0.3) is 11.3 Å². The van der Waals surface area contributed by atoms with Crippen molar-refractivity contribution in [3.05, 3.63) is 64.6 Å². The number of hydrogen-bond donors (Lipinski definition) is 2. The molecule has 0 aliphatic heterocycles. The molecule has 28 heavy (non-hydrogen) atoms. The van der Waals surface area contributed by atoms with Crippen LogP contribution in [-0.4, -0.2) is 42.1 Å². The predicted octanol–water partition coefficient (Wildman–Crippen LogP) is 5.56. The lowest BCUT2D eigenvalue weighted by molar-refractivity contribution is 0.405. The van der Waals surface area contributed by atoms with Crippen LogP contribution >= 0.6 is 23.2 Å². The van der Waals surface area contributed by atoms with E-state index < -0.39 is 0 Å². The van der Waals surface area contributed by atoms with Gasteiger partial charge in [0.25, 0.3) is 0 Å². The van der Waals surface area contributed by atoms with Gasteiger partial charge in [-0.1, -0.05) is 53.5 Å². The maximum atomic E-state index is 6.29. The molecule has 1 heterocycles. The summed E-state index contributed by atoms with van der Waals surface area (Å²) in [6.45, 7) is 1.78. The van der Waals surface area contributed by atoms with Crippen molar-refractivity contribution < 1.29 is 0 Å². The van der Waals surface area contributed by atoms with Crippen molar-refractivity contribution in [3.63, 3.8) is 0 Å². The molecule has 3 aromatic rings. The van der Waals surface area contributed by atoms with Crippen LogP contribution in [0.2, 0.25) is 10.0 Å². The molecule has 0 atom stereocenters. The number of aromatic nitrogens is 2. The summed E-state index contributed by atoms with van der Waals surface area (Å²) in [6, 6.07) is 17.2. The van der Waals surface area contributed by atoms with Crippen molar-refractivity contribution in [1.29, 1.82) is 0 Å². The Morgan fingerprint density at radius 1 is 0.964 bits per heavy atom. The van der Waals surface area contributed by atoms with E-state index in [1.165, 1.54) is 0 Å². The van der Waals surface area contributed by atoms with Gasteiger partial charge < -0.3 is 15.5 Å². The van der Waals surface area contributed by atoms with Gasteiger partial charge in [-0.25, -0.2) is 4.98 Å². The van der Waals surface area contributed by atoms with E-state index in [4.69, 9.17) is 23.2 Å². The lowest BCUT2D eigenvalue weighted by atomic mass is 10.1. The molecule has 2 aromatic carbocycles. The molecule has 5 nitrogen and oxygen atoms in total. The van der Waals surface area contributed by atoms with Crippen molar-refractivity contribution in [2.75, 3.05) is 37.8 Å². The van der Waals surface area contributed by atoms with E-state index in [0.717, 1.165) is 30.8 Å². The van der Waals surface area contributed by atoms with Crippen LogP contribution in [0, 0.1) is 0 Å². The molecular formula is C21H23Cl2N5. The third kappa shape index (κ3) is 5.83. The molecule has 146 valence electrons. The number of rotatable bonds is 8. The van der Waals surface area contributed by atoms with Gasteiger partial charge in [0.1, 0.15) is 5.82 Å². The predicted molar refractivity (Wildman–Crippen MR) is 119 cm³/mol. The molecular weight excluding hydrogens is 393 g/mol. The molecule has 0 saturated carbocycles. The van der Waals surface area contributed by atoms with E-state index in [-0.39, 0.29) is 0 Å². The zero-order chi connectivity index (χ0) is 19.9. The van der Waals surface area contributed by atoms with Crippen LogP contribution in [0.1, 0.15) is 6.42 Å². The Morgan fingerprint density at radius 2 is 1.75 bits per heavy atom. The van der Waals surface area contributed by atoms with E-state index in [2.05, 4.69) is 39.6 Å². The maximum absolute atomic E-state index is 6.29. The summed E-state index contributed by atoms with van der Waals surface area (Å²) in [4.78, 5) is 11.4. The lowest BCUT2D eigenvalue weighted by Crippen LogP contribution is -2.17. The number of anilines is 3. The van der Waals surface area contributed by atoms with Gasteiger partial charge in [-0.15, -0.1) is 0 Å². The van der Waals surface area contributed by atoms with Gasteiger partial charge >= 0.3 is 0 Å². The van der Waals surface area contributed by atoms with Crippen molar-refractivity contribution in [2.24, 2.45) is 0 Å². The molecule has 3 rings (SSSR count). The van der Waals surface area contributed by atoms with Crippen LogP contribution < -0.4 is 10.6 Å². The highest BCUT2D eigenvalue weighted by molar-refractivity contribution is 6.35. The van der Waals surface area contributed by atoms with E-state index in [1.54, 1.807) is 18.2 Å². The summed E-state index contributed by atoms with van der Waals surface area (Å²) in [5.74, 6) is 1.22. The van der Waals surface area contributed by atoms with Crippen molar-refractivity contribution in [3.8, 4) is 11.3 Å². The first-order valence-electron chi connectivity index (χ1n) is 9.06. The molecule has 1 aromatic heterocycles. The van der Waals surface area contributed by atoms with Crippen molar-refractivity contribution in [2.45, 2.75) is 6.42 Å². The topological polar surface area (TPSA) is 53.1 Å². The van der Waals surface area contributed by atoms with E-state index in [1.807, 2.05) is 36.4 Å². The molecule has 0 aliphatic carbocycles. The van der Waals surface area contributed by atoms with Gasteiger partial charge in [-0.3, -0.25) is 0 Å². The van der Waals surface area contributed by atoms with Gasteiger partial charge in [0.05, 0.1) is 16.4 Å². The van der Waals surface area contributed by atoms with Gasteiger partial charge in [-0.2, -0.15) is 4.98 Å². The van der Waals surface area contributed by atoms with Crippen LogP contribution in [0.3, 0.4) is 0 Å². The van der Waals surface area contributed by atoms with Crippen LogP contribution in [-0.2, 0) is 0 Å². The summed E-state index contributed by atoms with van der Waals surface area (Å²) in [6.07, 6.45) is 0.995. The van der Waals surface area contributed by atoms with Crippen molar-refractivity contribution in [1.82, 2.24) is 14.9 Å². The van der Waals surface area contributed by atoms with Crippen molar-refractivity contribution >= 4 is 40.7 Å². The minimum absolute atomic E-state index is 0.570. The van der Waals surface area contributed by atoms with Gasteiger partial charge in [-0.05, 0) is 45.3 Å². The molecule has 2 N–H and O–H groups in total. The third-order valence-electron chi connectivity index (χ3n) is 4.05.